The summed E-state index contributed by atoms with van der Waals surface area (Å²) in [7, 11) is 0. The molecule has 2 aromatic rings. The van der Waals surface area contributed by atoms with Crippen LogP contribution in [0.15, 0.2) is 40.9 Å². The van der Waals surface area contributed by atoms with Crippen LogP contribution in [0, 0.1) is 18.6 Å². The van der Waals surface area contributed by atoms with Crippen LogP contribution >= 0.6 is 15.9 Å². The van der Waals surface area contributed by atoms with E-state index in [0.29, 0.717) is 5.56 Å². The molecule has 18 heavy (non-hydrogen) atoms. The Labute approximate surface area is 112 Å². The standard InChI is InChI=1S/C14H11BrF2O/c1-8-4-9(6-10(15)5-8)14(18)12-3-2-11(16)7-13(12)17/h2-7,14,18H,1H3. The molecule has 0 fully saturated rings. The summed E-state index contributed by atoms with van der Waals surface area (Å²) in [6.45, 7) is 1.88. The maximum atomic E-state index is 13.6. The van der Waals surface area contributed by atoms with Crippen molar-refractivity contribution in [3.8, 4) is 0 Å². The molecule has 0 bridgehead atoms. The van der Waals surface area contributed by atoms with Crippen molar-refractivity contribution in [3.63, 3.8) is 0 Å². The third kappa shape index (κ3) is 2.76. The fourth-order valence-electron chi connectivity index (χ4n) is 1.83. The summed E-state index contributed by atoms with van der Waals surface area (Å²) in [6, 6.07) is 8.51. The lowest BCUT2D eigenvalue weighted by atomic mass is 9.99. The third-order valence-corrected chi connectivity index (χ3v) is 3.10. The van der Waals surface area contributed by atoms with Gasteiger partial charge in [-0.25, -0.2) is 8.78 Å². The first kappa shape index (κ1) is 13.2. The molecule has 0 aromatic heterocycles. The molecule has 0 saturated heterocycles. The van der Waals surface area contributed by atoms with E-state index in [9.17, 15) is 13.9 Å². The lowest BCUT2D eigenvalue weighted by Gasteiger charge is -2.13. The topological polar surface area (TPSA) is 20.2 Å². The minimum absolute atomic E-state index is 0.0638. The Kier molecular flexibility index (Phi) is 3.78. The Balaban J connectivity index is 2.44. The molecule has 0 heterocycles. The van der Waals surface area contributed by atoms with Gasteiger partial charge in [0.2, 0.25) is 0 Å². The van der Waals surface area contributed by atoms with E-state index < -0.39 is 17.7 Å². The summed E-state index contributed by atoms with van der Waals surface area (Å²) in [5.41, 5.74) is 1.57. The average molecular weight is 313 g/mol. The molecule has 1 N–H and O–H groups in total. The van der Waals surface area contributed by atoms with Crippen LogP contribution in [0.25, 0.3) is 0 Å². The first-order chi connectivity index (χ1) is 8.47. The summed E-state index contributed by atoms with van der Waals surface area (Å²) in [4.78, 5) is 0. The van der Waals surface area contributed by atoms with Crippen molar-refractivity contribution in [2.45, 2.75) is 13.0 Å². The van der Waals surface area contributed by atoms with Crippen molar-refractivity contribution in [3.05, 3.63) is 69.2 Å². The number of hydrogen-bond acceptors (Lipinski definition) is 1. The minimum atomic E-state index is -1.11. The molecule has 1 nitrogen and oxygen atoms in total. The number of hydrogen-bond donors (Lipinski definition) is 1. The largest absolute Gasteiger partial charge is 0.384 e. The van der Waals surface area contributed by atoms with E-state index in [1.165, 1.54) is 6.07 Å². The van der Waals surface area contributed by atoms with Gasteiger partial charge in [-0.3, -0.25) is 0 Å². The maximum absolute atomic E-state index is 13.6. The number of aryl methyl sites for hydroxylation is 1. The van der Waals surface area contributed by atoms with E-state index in [1.807, 2.05) is 13.0 Å². The Morgan fingerprint density at radius 2 is 1.83 bits per heavy atom. The second-order valence-corrected chi connectivity index (χ2v) is 5.05. The maximum Gasteiger partial charge on any atom is 0.132 e. The highest BCUT2D eigenvalue weighted by Gasteiger charge is 2.16. The summed E-state index contributed by atoms with van der Waals surface area (Å²) in [6.07, 6.45) is -1.11. The third-order valence-electron chi connectivity index (χ3n) is 2.64. The van der Waals surface area contributed by atoms with Gasteiger partial charge < -0.3 is 5.11 Å². The summed E-state index contributed by atoms with van der Waals surface area (Å²) < 4.78 is 27.2. The van der Waals surface area contributed by atoms with Crippen molar-refractivity contribution < 1.29 is 13.9 Å². The fraction of sp³-hybridized carbons (Fsp3) is 0.143. The lowest BCUT2D eigenvalue weighted by molar-refractivity contribution is 0.214. The van der Waals surface area contributed by atoms with Gasteiger partial charge in [0.05, 0.1) is 0 Å². The molecule has 1 unspecified atom stereocenters. The van der Waals surface area contributed by atoms with Gasteiger partial charge in [0.25, 0.3) is 0 Å². The second-order valence-electron chi connectivity index (χ2n) is 4.13. The van der Waals surface area contributed by atoms with Crippen molar-refractivity contribution in [2.24, 2.45) is 0 Å². The summed E-state index contributed by atoms with van der Waals surface area (Å²) in [5, 5.41) is 10.1. The summed E-state index contributed by atoms with van der Waals surface area (Å²) >= 11 is 3.32. The number of benzene rings is 2. The van der Waals surface area contributed by atoms with Crippen molar-refractivity contribution in [2.75, 3.05) is 0 Å². The molecule has 2 aromatic carbocycles. The first-order valence-corrected chi connectivity index (χ1v) is 6.17. The van der Waals surface area contributed by atoms with Gasteiger partial charge in [-0.1, -0.05) is 28.1 Å². The molecule has 0 radical (unpaired) electrons. The molecule has 2 rings (SSSR count). The lowest BCUT2D eigenvalue weighted by Crippen LogP contribution is -2.03. The number of aliphatic hydroxyl groups is 1. The molecule has 0 spiro atoms. The summed E-state index contributed by atoms with van der Waals surface area (Å²) in [5.74, 6) is -1.41. The molecule has 0 amide bonds. The Hall–Kier alpha value is -1.26. The SMILES string of the molecule is Cc1cc(Br)cc(C(O)c2ccc(F)cc2F)c1. The predicted molar refractivity (Wildman–Crippen MR) is 69.3 cm³/mol. The molecular formula is C14H11BrF2O. The quantitative estimate of drug-likeness (QED) is 0.884. The number of rotatable bonds is 2. The fourth-order valence-corrected chi connectivity index (χ4v) is 2.45. The van der Waals surface area contributed by atoms with Crippen LogP contribution in [0.5, 0.6) is 0 Å². The van der Waals surface area contributed by atoms with E-state index in [0.717, 1.165) is 22.2 Å². The van der Waals surface area contributed by atoms with Crippen molar-refractivity contribution >= 4 is 15.9 Å². The van der Waals surface area contributed by atoms with Crippen LogP contribution in [0.3, 0.4) is 0 Å². The van der Waals surface area contributed by atoms with E-state index in [-0.39, 0.29) is 5.56 Å². The van der Waals surface area contributed by atoms with Crippen molar-refractivity contribution in [1.82, 2.24) is 0 Å². The van der Waals surface area contributed by atoms with Crippen LogP contribution < -0.4 is 0 Å². The normalized spacial score (nSPS) is 12.5. The van der Waals surface area contributed by atoms with Gasteiger partial charge >= 0.3 is 0 Å². The van der Waals surface area contributed by atoms with Crippen molar-refractivity contribution in [1.29, 1.82) is 0 Å². The van der Waals surface area contributed by atoms with Gasteiger partial charge in [0.15, 0.2) is 0 Å². The minimum Gasteiger partial charge on any atom is -0.384 e. The van der Waals surface area contributed by atoms with E-state index in [1.54, 1.807) is 12.1 Å². The molecule has 1 atom stereocenters. The van der Waals surface area contributed by atoms with Crippen LogP contribution in [-0.2, 0) is 0 Å². The smallest absolute Gasteiger partial charge is 0.132 e. The molecule has 4 heteroatoms. The predicted octanol–water partition coefficient (Wildman–Crippen LogP) is 4.12. The average Bonchev–Trinajstić information content (AvgIpc) is 2.26. The van der Waals surface area contributed by atoms with E-state index in [2.05, 4.69) is 15.9 Å². The monoisotopic (exact) mass is 312 g/mol. The van der Waals surface area contributed by atoms with E-state index in [4.69, 9.17) is 0 Å². The molecular weight excluding hydrogens is 302 g/mol. The zero-order valence-corrected chi connectivity index (χ0v) is 11.2. The highest BCUT2D eigenvalue weighted by molar-refractivity contribution is 9.10. The van der Waals surface area contributed by atoms with Gasteiger partial charge in [-0.05, 0) is 36.2 Å². The van der Waals surface area contributed by atoms with Gasteiger partial charge in [0, 0.05) is 16.1 Å². The number of halogens is 3. The second kappa shape index (κ2) is 5.16. The Morgan fingerprint density at radius 1 is 1.11 bits per heavy atom. The van der Waals surface area contributed by atoms with E-state index >= 15 is 0 Å². The Bertz CT molecular complexity index is 564. The van der Waals surface area contributed by atoms with Gasteiger partial charge in [-0.15, -0.1) is 0 Å². The van der Waals surface area contributed by atoms with Crippen LogP contribution in [0.2, 0.25) is 0 Å². The molecule has 0 aliphatic heterocycles. The zero-order valence-electron chi connectivity index (χ0n) is 9.62. The number of aliphatic hydroxyl groups excluding tert-OH is 1. The van der Waals surface area contributed by atoms with Gasteiger partial charge in [0.1, 0.15) is 17.7 Å². The van der Waals surface area contributed by atoms with Crippen LogP contribution in [0.4, 0.5) is 8.78 Å². The molecule has 0 saturated carbocycles. The molecule has 94 valence electrons. The highest BCUT2D eigenvalue weighted by atomic mass is 79.9. The molecule has 0 aliphatic carbocycles. The molecule has 0 aliphatic rings. The zero-order chi connectivity index (χ0) is 13.3. The Morgan fingerprint density at radius 3 is 2.44 bits per heavy atom. The van der Waals surface area contributed by atoms with Crippen LogP contribution in [0.1, 0.15) is 22.8 Å². The highest BCUT2D eigenvalue weighted by Crippen LogP contribution is 2.27. The van der Waals surface area contributed by atoms with Gasteiger partial charge in [-0.2, -0.15) is 0 Å². The van der Waals surface area contributed by atoms with Crippen LogP contribution in [-0.4, -0.2) is 5.11 Å². The first-order valence-electron chi connectivity index (χ1n) is 5.37.